The molecule has 0 saturated heterocycles. The first-order chi connectivity index (χ1) is 16.5. The lowest BCUT2D eigenvalue weighted by Crippen LogP contribution is -2.41. The van der Waals surface area contributed by atoms with Crippen molar-refractivity contribution in [3.8, 4) is 0 Å². The van der Waals surface area contributed by atoms with Crippen molar-refractivity contribution in [2.24, 2.45) is 5.10 Å². The van der Waals surface area contributed by atoms with Crippen LogP contribution in [0.1, 0.15) is 59.3 Å². The normalized spacial score (nSPS) is 17.6. The van der Waals surface area contributed by atoms with Crippen LogP contribution in [0.4, 0.5) is 5.69 Å². The number of carbonyl (C=O) groups is 2. The van der Waals surface area contributed by atoms with E-state index in [0.717, 1.165) is 47.0 Å². The molecule has 5 rings (SSSR count). The Labute approximate surface area is 203 Å². The largest absolute Gasteiger partial charge is 0.467 e. The molecule has 0 aliphatic carbocycles. The highest BCUT2D eigenvalue weighted by atomic mass is 32.1. The van der Waals surface area contributed by atoms with Crippen molar-refractivity contribution < 1.29 is 14.0 Å². The van der Waals surface area contributed by atoms with E-state index in [1.165, 1.54) is 0 Å². The predicted octanol–water partition coefficient (Wildman–Crippen LogP) is 4.61. The first-order valence-electron chi connectivity index (χ1n) is 11.7. The van der Waals surface area contributed by atoms with Crippen LogP contribution in [-0.4, -0.2) is 41.7 Å². The molecular formula is C26H28N4O3S. The van der Waals surface area contributed by atoms with Crippen molar-refractivity contribution in [3.63, 3.8) is 0 Å². The van der Waals surface area contributed by atoms with Crippen molar-refractivity contribution in [1.82, 2.24) is 10.3 Å². The number of furan rings is 1. The Hall–Kier alpha value is -3.39. The molecule has 0 spiro atoms. The summed E-state index contributed by atoms with van der Waals surface area (Å²) < 4.78 is 5.66. The topological polar surface area (TPSA) is 78.2 Å². The average molecular weight is 477 g/mol. The molecule has 0 saturated carbocycles. The van der Waals surface area contributed by atoms with Crippen LogP contribution in [0.25, 0.3) is 0 Å². The first kappa shape index (κ1) is 22.4. The number of anilines is 1. The Morgan fingerprint density at radius 1 is 1.21 bits per heavy atom. The Morgan fingerprint density at radius 2 is 2.09 bits per heavy atom. The molecule has 1 atom stereocenters. The first-order valence-corrected chi connectivity index (χ1v) is 12.5. The molecule has 176 valence electrons. The van der Waals surface area contributed by atoms with Gasteiger partial charge in [0, 0.05) is 30.3 Å². The van der Waals surface area contributed by atoms with Gasteiger partial charge >= 0.3 is 0 Å². The maximum atomic E-state index is 13.6. The highest BCUT2D eigenvalue weighted by Crippen LogP contribution is 2.35. The van der Waals surface area contributed by atoms with Crippen LogP contribution in [0.5, 0.6) is 0 Å². The lowest BCUT2D eigenvalue weighted by Gasteiger charge is -2.33. The van der Waals surface area contributed by atoms with E-state index in [0.29, 0.717) is 12.0 Å². The van der Waals surface area contributed by atoms with Crippen LogP contribution in [-0.2, 0) is 11.2 Å². The molecule has 0 bridgehead atoms. The zero-order valence-electron chi connectivity index (χ0n) is 19.4. The maximum absolute atomic E-state index is 13.6. The molecule has 1 unspecified atom stereocenters. The minimum absolute atomic E-state index is 0.0636. The SMILES string of the molecule is CC(C)NC(=O)c1cccc2c1CCCN2CC(=O)N1N=C(c2cccs2)CC1c1ccco1. The molecule has 0 radical (unpaired) electrons. The Morgan fingerprint density at radius 3 is 2.82 bits per heavy atom. The number of hydrogen-bond donors (Lipinski definition) is 1. The Bertz CT molecular complexity index is 1200. The van der Waals surface area contributed by atoms with Gasteiger partial charge in [-0.25, -0.2) is 5.01 Å². The van der Waals surface area contributed by atoms with Gasteiger partial charge < -0.3 is 14.6 Å². The van der Waals surface area contributed by atoms with Gasteiger partial charge in [0.05, 0.1) is 23.4 Å². The molecule has 2 aliphatic rings. The molecule has 2 amide bonds. The van der Waals surface area contributed by atoms with Crippen LogP contribution in [0.3, 0.4) is 0 Å². The summed E-state index contributed by atoms with van der Waals surface area (Å²) in [5.74, 6) is 0.579. The molecule has 3 aromatic rings. The van der Waals surface area contributed by atoms with Crippen LogP contribution in [0, 0.1) is 0 Å². The number of rotatable bonds is 6. The van der Waals surface area contributed by atoms with Crippen molar-refractivity contribution in [2.45, 2.75) is 45.2 Å². The lowest BCUT2D eigenvalue weighted by atomic mass is 9.95. The van der Waals surface area contributed by atoms with Crippen LogP contribution >= 0.6 is 11.3 Å². The van der Waals surface area contributed by atoms with Gasteiger partial charge in [-0.05, 0) is 68.0 Å². The molecule has 1 N–H and O–H groups in total. The standard InChI is InChI=1S/C26H28N4O3S/c1-17(2)27-26(32)19-7-3-9-21-18(19)8-4-12-29(21)16-25(31)30-22(23-10-5-13-33-23)15-20(28-30)24-11-6-14-34-24/h3,5-7,9-11,13-14,17,22H,4,8,12,15-16H2,1-2H3,(H,27,32). The van der Waals surface area contributed by atoms with Gasteiger partial charge in [0.2, 0.25) is 0 Å². The second-order valence-corrected chi connectivity index (χ2v) is 9.90. The van der Waals surface area contributed by atoms with Gasteiger partial charge in [-0.15, -0.1) is 11.3 Å². The smallest absolute Gasteiger partial charge is 0.262 e. The fourth-order valence-electron chi connectivity index (χ4n) is 4.69. The van der Waals surface area contributed by atoms with Crippen LogP contribution in [0.15, 0.2) is 63.6 Å². The summed E-state index contributed by atoms with van der Waals surface area (Å²) in [5.41, 5.74) is 3.55. The second-order valence-electron chi connectivity index (χ2n) is 8.95. The molecule has 34 heavy (non-hydrogen) atoms. The van der Waals surface area contributed by atoms with E-state index in [9.17, 15) is 9.59 Å². The van der Waals surface area contributed by atoms with Crippen molar-refractivity contribution in [2.75, 3.05) is 18.0 Å². The number of hydrogen-bond acceptors (Lipinski definition) is 6. The summed E-state index contributed by atoms with van der Waals surface area (Å²) in [6.45, 7) is 4.86. The Balaban J connectivity index is 1.40. The van der Waals surface area contributed by atoms with Gasteiger partial charge in [-0.1, -0.05) is 12.1 Å². The minimum Gasteiger partial charge on any atom is -0.467 e. The molecular weight excluding hydrogens is 448 g/mol. The summed E-state index contributed by atoms with van der Waals surface area (Å²) in [6.07, 6.45) is 3.96. The van der Waals surface area contributed by atoms with E-state index < -0.39 is 0 Å². The summed E-state index contributed by atoms with van der Waals surface area (Å²) in [5, 5.41) is 11.3. The van der Waals surface area contributed by atoms with Gasteiger partial charge in [0.25, 0.3) is 11.8 Å². The van der Waals surface area contributed by atoms with Crippen molar-refractivity contribution in [3.05, 3.63) is 75.9 Å². The minimum atomic E-state index is -0.257. The van der Waals surface area contributed by atoms with Gasteiger partial charge in [-0.3, -0.25) is 9.59 Å². The fourth-order valence-corrected chi connectivity index (χ4v) is 5.41. The van der Waals surface area contributed by atoms with E-state index in [-0.39, 0.29) is 30.4 Å². The van der Waals surface area contributed by atoms with E-state index in [4.69, 9.17) is 9.52 Å². The van der Waals surface area contributed by atoms with Crippen molar-refractivity contribution >= 4 is 34.6 Å². The lowest BCUT2D eigenvalue weighted by molar-refractivity contribution is -0.131. The monoisotopic (exact) mass is 476 g/mol. The number of benzene rings is 1. The number of carbonyl (C=O) groups excluding carboxylic acids is 2. The van der Waals surface area contributed by atoms with E-state index in [1.54, 1.807) is 22.6 Å². The quantitative estimate of drug-likeness (QED) is 0.564. The number of thiophene rings is 1. The number of amides is 2. The zero-order chi connectivity index (χ0) is 23.7. The average Bonchev–Trinajstić information content (AvgIpc) is 3.59. The van der Waals surface area contributed by atoms with E-state index >= 15 is 0 Å². The molecule has 2 aromatic heterocycles. The third-order valence-electron chi connectivity index (χ3n) is 6.18. The predicted molar refractivity (Wildman–Crippen MR) is 133 cm³/mol. The number of nitrogens with zero attached hydrogens (tertiary/aromatic N) is 3. The Kier molecular flexibility index (Phi) is 6.24. The third kappa shape index (κ3) is 4.37. The molecule has 7 nitrogen and oxygen atoms in total. The fraction of sp³-hybridized carbons (Fsp3) is 0.346. The summed E-state index contributed by atoms with van der Waals surface area (Å²) in [7, 11) is 0. The molecule has 0 fully saturated rings. The van der Waals surface area contributed by atoms with Gasteiger partial charge in [0.1, 0.15) is 11.8 Å². The number of hydrazone groups is 1. The highest BCUT2D eigenvalue weighted by molar-refractivity contribution is 7.12. The van der Waals surface area contributed by atoms with Crippen LogP contribution in [0.2, 0.25) is 0 Å². The molecule has 4 heterocycles. The third-order valence-corrected chi connectivity index (χ3v) is 7.10. The number of nitrogens with one attached hydrogen (secondary N) is 1. The number of fused-ring (bicyclic) bond motifs is 1. The van der Waals surface area contributed by atoms with Gasteiger partial charge in [0.15, 0.2) is 0 Å². The highest BCUT2D eigenvalue weighted by Gasteiger charge is 2.36. The maximum Gasteiger partial charge on any atom is 0.262 e. The zero-order valence-corrected chi connectivity index (χ0v) is 20.2. The summed E-state index contributed by atoms with van der Waals surface area (Å²) in [6, 6.07) is 13.3. The van der Waals surface area contributed by atoms with Crippen LogP contribution < -0.4 is 10.2 Å². The second kappa shape index (κ2) is 9.46. The van der Waals surface area contributed by atoms with Gasteiger partial charge in [-0.2, -0.15) is 5.10 Å². The molecule has 8 heteroatoms. The van der Waals surface area contributed by atoms with E-state index in [2.05, 4.69) is 10.2 Å². The summed E-state index contributed by atoms with van der Waals surface area (Å²) >= 11 is 1.62. The molecule has 2 aliphatic heterocycles. The van der Waals surface area contributed by atoms with E-state index in [1.807, 2.05) is 61.7 Å². The summed E-state index contributed by atoms with van der Waals surface area (Å²) in [4.78, 5) is 29.5. The molecule has 1 aromatic carbocycles. The van der Waals surface area contributed by atoms with Crippen molar-refractivity contribution in [1.29, 1.82) is 0 Å².